The molecular weight excluding hydrogens is 164 g/mol. The highest BCUT2D eigenvalue weighted by molar-refractivity contribution is 5.83. The zero-order valence-corrected chi connectivity index (χ0v) is 7.66. The van der Waals surface area contributed by atoms with Gasteiger partial charge in [0.2, 0.25) is 0 Å². The third kappa shape index (κ3) is 1.22. The minimum Gasteiger partial charge on any atom is -0.454 e. The Bertz CT molecular complexity index is 408. The van der Waals surface area contributed by atoms with Crippen LogP contribution in [0.4, 0.5) is 5.69 Å². The number of hydrogen-bond donors (Lipinski definition) is 0. The quantitative estimate of drug-likeness (QED) is 0.604. The lowest BCUT2D eigenvalue weighted by Crippen LogP contribution is -2.03. The summed E-state index contributed by atoms with van der Waals surface area (Å²) in [4.78, 5) is 8.42. The van der Waals surface area contributed by atoms with E-state index >= 15 is 0 Å². The lowest BCUT2D eigenvalue weighted by Gasteiger charge is -2.15. The Kier molecular flexibility index (Phi) is 1.65. The van der Waals surface area contributed by atoms with Crippen molar-refractivity contribution in [3.8, 4) is 5.75 Å². The molecule has 0 fully saturated rings. The van der Waals surface area contributed by atoms with Gasteiger partial charge in [-0.15, -0.1) is 0 Å². The smallest absolute Gasteiger partial charge is 0.159 e. The zero-order chi connectivity index (χ0) is 9.42. The molecule has 1 aliphatic heterocycles. The molecule has 3 nitrogen and oxygen atoms in total. The summed E-state index contributed by atoms with van der Waals surface area (Å²) in [7, 11) is 0. The van der Waals surface area contributed by atoms with Gasteiger partial charge in [-0.3, -0.25) is 4.98 Å². The van der Waals surface area contributed by atoms with Crippen LogP contribution < -0.4 is 4.74 Å². The summed E-state index contributed by atoms with van der Waals surface area (Å²) in [6.07, 6.45) is 3.39. The van der Waals surface area contributed by atoms with E-state index in [2.05, 4.69) is 16.6 Å². The number of nitrogens with zero attached hydrogens (tertiary/aromatic N) is 2. The van der Waals surface area contributed by atoms with Gasteiger partial charge in [0.15, 0.2) is 5.75 Å². The van der Waals surface area contributed by atoms with Crippen molar-refractivity contribution >= 4 is 11.9 Å². The molecule has 0 saturated carbocycles. The molecule has 0 aromatic carbocycles. The molecule has 0 amide bonds. The Morgan fingerprint density at radius 3 is 2.92 bits per heavy atom. The first-order chi connectivity index (χ1) is 6.18. The maximum atomic E-state index is 5.46. The summed E-state index contributed by atoms with van der Waals surface area (Å²) in [5, 5.41) is 0. The molecule has 1 aromatic heterocycles. The highest BCUT2D eigenvalue weighted by atomic mass is 16.5. The Morgan fingerprint density at radius 2 is 2.15 bits per heavy atom. The van der Waals surface area contributed by atoms with Crippen molar-refractivity contribution in [2.75, 3.05) is 0 Å². The molecule has 13 heavy (non-hydrogen) atoms. The molecule has 0 aliphatic carbocycles. The van der Waals surface area contributed by atoms with Crippen LogP contribution in [-0.4, -0.2) is 11.2 Å². The lowest BCUT2D eigenvalue weighted by molar-refractivity contribution is 0.451. The normalized spacial score (nSPS) is 13.8. The Labute approximate surface area is 76.8 Å². The largest absolute Gasteiger partial charge is 0.454 e. The van der Waals surface area contributed by atoms with Gasteiger partial charge in [0, 0.05) is 11.8 Å². The fourth-order valence-electron chi connectivity index (χ4n) is 1.24. The summed E-state index contributed by atoms with van der Waals surface area (Å²) in [6.45, 7) is 7.55. The Morgan fingerprint density at radius 1 is 1.38 bits per heavy atom. The van der Waals surface area contributed by atoms with Crippen molar-refractivity contribution in [2.24, 2.45) is 4.99 Å². The monoisotopic (exact) mass is 174 g/mol. The van der Waals surface area contributed by atoms with Crippen LogP contribution in [0.25, 0.3) is 0 Å². The summed E-state index contributed by atoms with van der Waals surface area (Å²) in [5.74, 6) is 1.35. The Hall–Kier alpha value is -1.64. The second-order valence-corrected chi connectivity index (χ2v) is 3.03. The van der Waals surface area contributed by atoms with Gasteiger partial charge >= 0.3 is 0 Å². The van der Waals surface area contributed by atoms with Crippen LogP contribution in [0.3, 0.4) is 0 Å². The maximum absolute atomic E-state index is 5.46. The second-order valence-electron chi connectivity index (χ2n) is 3.03. The van der Waals surface area contributed by atoms with Crippen LogP contribution in [0.2, 0.25) is 0 Å². The predicted molar refractivity (Wildman–Crippen MR) is 51.6 cm³/mol. The first-order valence-corrected chi connectivity index (χ1v) is 4.05. The van der Waals surface area contributed by atoms with Crippen molar-refractivity contribution in [3.05, 3.63) is 29.8 Å². The van der Waals surface area contributed by atoms with Crippen molar-refractivity contribution in [3.63, 3.8) is 0 Å². The van der Waals surface area contributed by atoms with Gasteiger partial charge in [0.25, 0.3) is 0 Å². The molecular formula is C10H10N2O. The van der Waals surface area contributed by atoms with Gasteiger partial charge in [0.1, 0.15) is 11.4 Å². The fourth-order valence-corrected chi connectivity index (χ4v) is 1.24. The van der Waals surface area contributed by atoms with Gasteiger partial charge in [-0.05, 0) is 13.8 Å². The van der Waals surface area contributed by atoms with E-state index in [4.69, 9.17) is 4.74 Å². The van der Waals surface area contributed by atoms with Gasteiger partial charge < -0.3 is 4.74 Å². The highest BCUT2D eigenvalue weighted by Crippen LogP contribution is 2.36. The fraction of sp³-hybridized carbons (Fsp3) is 0.200. The standard InChI is InChI=1S/C10H10N2O/c1-6-4-11-8(3)9-10(6)13-7(2)5-12-9/h4-5H,2H2,1,3H3. The number of aryl methyl sites for hydroxylation is 2. The molecule has 0 unspecified atom stereocenters. The molecule has 1 aliphatic rings. The topological polar surface area (TPSA) is 34.5 Å². The molecule has 0 spiro atoms. The van der Waals surface area contributed by atoms with Crippen LogP contribution >= 0.6 is 0 Å². The van der Waals surface area contributed by atoms with E-state index in [0.29, 0.717) is 5.76 Å². The van der Waals surface area contributed by atoms with E-state index < -0.39 is 0 Å². The highest BCUT2D eigenvalue weighted by Gasteiger charge is 2.14. The van der Waals surface area contributed by atoms with E-state index in [1.807, 2.05) is 13.8 Å². The molecule has 66 valence electrons. The molecule has 0 N–H and O–H groups in total. The van der Waals surface area contributed by atoms with Crippen molar-refractivity contribution in [1.82, 2.24) is 4.98 Å². The molecule has 2 heterocycles. The third-order valence-electron chi connectivity index (χ3n) is 1.94. The summed E-state index contributed by atoms with van der Waals surface area (Å²) in [5.41, 5.74) is 2.68. The third-order valence-corrected chi connectivity index (χ3v) is 1.94. The number of hydrogen-bond acceptors (Lipinski definition) is 3. The number of rotatable bonds is 0. The maximum Gasteiger partial charge on any atom is 0.159 e. The first-order valence-electron chi connectivity index (χ1n) is 4.05. The molecule has 0 atom stereocenters. The predicted octanol–water partition coefficient (Wildman–Crippen LogP) is 2.31. The van der Waals surface area contributed by atoms with E-state index in [1.54, 1.807) is 12.4 Å². The lowest BCUT2D eigenvalue weighted by atomic mass is 10.2. The SMILES string of the molecule is C=C1C=Nc2c(C)ncc(C)c2O1. The van der Waals surface area contributed by atoms with Gasteiger partial charge in [-0.2, -0.15) is 0 Å². The number of ether oxygens (including phenoxy) is 1. The van der Waals surface area contributed by atoms with Crippen molar-refractivity contribution in [2.45, 2.75) is 13.8 Å². The summed E-state index contributed by atoms with van der Waals surface area (Å²) in [6, 6.07) is 0. The average molecular weight is 174 g/mol. The minimum absolute atomic E-state index is 0.571. The summed E-state index contributed by atoms with van der Waals surface area (Å²) < 4.78 is 5.46. The number of aromatic nitrogens is 1. The molecule has 0 saturated heterocycles. The van der Waals surface area contributed by atoms with Crippen LogP contribution in [0.5, 0.6) is 5.75 Å². The Balaban J connectivity index is 2.67. The van der Waals surface area contributed by atoms with Gasteiger partial charge in [0.05, 0.1) is 11.9 Å². The first kappa shape index (κ1) is 7.98. The number of aliphatic imine (C=N–C) groups is 1. The van der Waals surface area contributed by atoms with Crippen LogP contribution in [0, 0.1) is 13.8 Å². The molecule has 0 radical (unpaired) electrons. The van der Waals surface area contributed by atoms with Crippen molar-refractivity contribution < 1.29 is 4.74 Å². The van der Waals surface area contributed by atoms with Crippen molar-refractivity contribution in [1.29, 1.82) is 0 Å². The average Bonchev–Trinajstić information content (AvgIpc) is 2.12. The molecule has 3 heteroatoms. The zero-order valence-electron chi connectivity index (χ0n) is 7.66. The van der Waals surface area contributed by atoms with E-state index in [9.17, 15) is 0 Å². The molecule has 2 rings (SSSR count). The van der Waals surface area contributed by atoms with Gasteiger partial charge in [-0.1, -0.05) is 6.58 Å². The molecule has 1 aromatic rings. The number of pyridine rings is 1. The van der Waals surface area contributed by atoms with E-state index in [0.717, 1.165) is 22.7 Å². The van der Waals surface area contributed by atoms with E-state index in [-0.39, 0.29) is 0 Å². The second kappa shape index (κ2) is 2.69. The van der Waals surface area contributed by atoms with Crippen LogP contribution in [0.1, 0.15) is 11.3 Å². The van der Waals surface area contributed by atoms with Gasteiger partial charge in [-0.25, -0.2) is 4.99 Å². The summed E-state index contributed by atoms with van der Waals surface area (Å²) >= 11 is 0. The number of allylic oxidation sites excluding steroid dienone is 1. The van der Waals surface area contributed by atoms with Crippen LogP contribution in [0.15, 0.2) is 23.5 Å². The minimum atomic E-state index is 0.571. The van der Waals surface area contributed by atoms with E-state index in [1.165, 1.54) is 0 Å². The number of fused-ring (bicyclic) bond motifs is 1. The van der Waals surface area contributed by atoms with Crippen LogP contribution in [-0.2, 0) is 0 Å². The molecule has 0 bridgehead atoms.